The minimum absolute atomic E-state index is 0.0408. The van der Waals surface area contributed by atoms with E-state index < -0.39 is 19.9 Å². The van der Waals surface area contributed by atoms with Crippen molar-refractivity contribution in [1.29, 1.82) is 0 Å². The highest BCUT2D eigenvalue weighted by Crippen LogP contribution is 2.15. The molecule has 8 heteroatoms. The smallest absolute Gasteiger partial charge is 0.240 e. The molecule has 6 nitrogen and oxygen atoms in total. The minimum atomic E-state index is -3.79. The molecular weight excluding hydrogens is 338 g/mol. The Balaban J connectivity index is 1.99. The summed E-state index contributed by atoms with van der Waals surface area (Å²) in [5.41, 5.74) is 0. The predicted molar refractivity (Wildman–Crippen MR) is 86.7 cm³/mol. The Hall–Kier alpha value is -1.90. The lowest BCUT2D eigenvalue weighted by atomic mass is 10.3. The van der Waals surface area contributed by atoms with Gasteiger partial charge < -0.3 is 4.74 Å². The SMILES string of the molecule is CS(=O)(=O)c1cccc(S(=O)(=O)NCCOc2ccccc2)c1. The van der Waals surface area contributed by atoms with Gasteiger partial charge in [0.15, 0.2) is 9.84 Å². The van der Waals surface area contributed by atoms with Crippen LogP contribution >= 0.6 is 0 Å². The van der Waals surface area contributed by atoms with Gasteiger partial charge in [-0.1, -0.05) is 24.3 Å². The van der Waals surface area contributed by atoms with Crippen LogP contribution < -0.4 is 9.46 Å². The summed E-state index contributed by atoms with van der Waals surface area (Å²) in [6, 6.07) is 14.2. The first-order valence-electron chi connectivity index (χ1n) is 6.77. The molecule has 0 atom stereocenters. The Morgan fingerprint density at radius 1 is 0.913 bits per heavy atom. The Bertz CT molecular complexity index is 862. The lowest BCUT2D eigenvalue weighted by molar-refractivity contribution is 0.323. The quantitative estimate of drug-likeness (QED) is 0.759. The van der Waals surface area contributed by atoms with E-state index in [2.05, 4.69) is 4.72 Å². The number of ether oxygens (including phenoxy) is 1. The summed E-state index contributed by atoms with van der Waals surface area (Å²) >= 11 is 0. The summed E-state index contributed by atoms with van der Waals surface area (Å²) in [5, 5.41) is 0. The lowest BCUT2D eigenvalue weighted by Crippen LogP contribution is -2.28. The van der Waals surface area contributed by atoms with Crippen LogP contribution in [0.25, 0.3) is 0 Å². The van der Waals surface area contributed by atoms with Gasteiger partial charge in [0, 0.05) is 12.8 Å². The number of hydrogen-bond donors (Lipinski definition) is 1. The monoisotopic (exact) mass is 355 g/mol. The number of sulfone groups is 1. The molecule has 2 rings (SSSR count). The highest BCUT2D eigenvalue weighted by molar-refractivity contribution is 7.91. The Morgan fingerprint density at radius 2 is 1.57 bits per heavy atom. The van der Waals surface area contributed by atoms with E-state index in [1.54, 1.807) is 12.1 Å². The minimum Gasteiger partial charge on any atom is -0.492 e. The maximum atomic E-state index is 12.2. The molecule has 0 saturated carbocycles. The fourth-order valence-electron chi connectivity index (χ4n) is 1.82. The number of nitrogens with one attached hydrogen (secondary N) is 1. The van der Waals surface area contributed by atoms with Gasteiger partial charge in [-0.25, -0.2) is 21.6 Å². The molecule has 124 valence electrons. The molecule has 0 bridgehead atoms. The van der Waals surface area contributed by atoms with Crippen molar-refractivity contribution in [2.45, 2.75) is 9.79 Å². The van der Waals surface area contributed by atoms with Gasteiger partial charge in [0.1, 0.15) is 12.4 Å². The maximum Gasteiger partial charge on any atom is 0.240 e. The van der Waals surface area contributed by atoms with Gasteiger partial charge in [-0.15, -0.1) is 0 Å². The Kier molecular flexibility index (Phi) is 5.40. The van der Waals surface area contributed by atoms with E-state index in [9.17, 15) is 16.8 Å². The average Bonchev–Trinajstić information content (AvgIpc) is 2.52. The molecule has 0 amide bonds. The highest BCUT2D eigenvalue weighted by Gasteiger charge is 2.16. The summed E-state index contributed by atoms with van der Waals surface area (Å²) in [4.78, 5) is -0.138. The van der Waals surface area contributed by atoms with Crippen LogP contribution in [-0.4, -0.2) is 36.2 Å². The van der Waals surface area contributed by atoms with Crippen LogP contribution in [-0.2, 0) is 19.9 Å². The van der Waals surface area contributed by atoms with Crippen molar-refractivity contribution in [2.75, 3.05) is 19.4 Å². The van der Waals surface area contributed by atoms with Gasteiger partial charge in [-0.3, -0.25) is 0 Å². The summed E-state index contributed by atoms with van der Waals surface area (Å²) in [7, 11) is -7.26. The molecular formula is C15H17NO5S2. The maximum absolute atomic E-state index is 12.2. The van der Waals surface area contributed by atoms with Crippen LogP contribution in [0, 0.1) is 0 Å². The molecule has 1 N–H and O–H groups in total. The molecule has 0 unspecified atom stereocenters. The fraction of sp³-hybridized carbons (Fsp3) is 0.200. The molecule has 0 radical (unpaired) electrons. The molecule has 0 aliphatic heterocycles. The Morgan fingerprint density at radius 3 is 2.22 bits per heavy atom. The highest BCUT2D eigenvalue weighted by atomic mass is 32.2. The zero-order chi connectivity index (χ0) is 16.9. The second-order valence-corrected chi connectivity index (χ2v) is 8.59. The second-order valence-electron chi connectivity index (χ2n) is 4.81. The molecule has 23 heavy (non-hydrogen) atoms. The first-order chi connectivity index (χ1) is 10.8. The third kappa shape index (κ3) is 5.05. The van der Waals surface area contributed by atoms with Gasteiger partial charge in [0.05, 0.1) is 9.79 Å². The lowest BCUT2D eigenvalue weighted by Gasteiger charge is -2.09. The van der Waals surface area contributed by atoms with Gasteiger partial charge in [-0.2, -0.15) is 0 Å². The Labute approximate surface area is 136 Å². The third-order valence-electron chi connectivity index (χ3n) is 2.95. The summed E-state index contributed by atoms with van der Waals surface area (Å²) in [5.74, 6) is 0.644. The molecule has 0 aliphatic carbocycles. The van der Waals surface area contributed by atoms with Crippen LogP contribution in [0.4, 0.5) is 0 Å². The molecule has 0 fully saturated rings. The van der Waals surface area contributed by atoms with Gasteiger partial charge in [0.25, 0.3) is 0 Å². The van der Waals surface area contributed by atoms with Gasteiger partial charge in [-0.05, 0) is 30.3 Å². The molecule has 2 aromatic rings. The van der Waals surface area contributed by atoms with Crippen LogP contribution in [0.5, 0.6) is 5.75 Å². The number of para-hydroxylation sites is 1. The largest absolute Gasteiger partial charge is 0.492 e. The zero-order valence-corrected chi connectivity index (χ0v) is 14.1. The summed E-state index contributed by atoms with van der Waals surface area (Å²) in [6.07, 6.45) is 1.03. The second kappa shape index (κ2) is 7.12. The van der Waals surface area contributed by atoms with Crippen molar-refractivity contribution in [3.63, 3.8) is 0 Å². The van der Waals surface area contributed by atoms with Gasteiger partial charge >= 0.3 is 0 Å². The molecule has 0 aliphatic rings. The molecule has 2 aromatic carbocycles. The first kappa shape index (κ1) is 17.5. The number of rotatable bonds is 7. The van der Waals surface area contributed by atoms with E-state index in [0.29, 0.717) is 5.75 Å². The normalized spacial score (nSPS) is 12.0. The average molecular weight is 355 g/mol. The molecule has 0 aromatic heterocycles. The van der Waals surface area contributed by atoms with Crippen LogP contribution in [0.2, 0.25) is 0 Å². The number of sulfonamides is 1. The number of hydrogen-bond acceptors (Lipinski definition) is 5. The molecule has 0 spiro atoms. The summed E-state index contributed by atoms with van der Waals surface area (Å²) in [6.45, 7) is 0.231. The van der Waals surface area contributed by atoms with Crippen LogP contribution in [0.1, 0.15) is 0 Å². The van der Waals surface area contributed by atoms with Crippen LogP contribution in [0.3, 0.4) is 0 Å². The van der Waals surface area contributed by atoms with Crippen molar-refractivity contribution in [1.82, 2.24) is 4.72 Å². The van der Waals surface area contributed by atoms with E-state index in [-0.39, 0.29) is 22.9 Å². The standard InChI is InChI=1S/C15H17NO5S2/c1-22(17,18)14-8-5-9-15(12-14)23(19,20)16-10-11-21-13-6-3-2-4-7-13/h2-9,12,16H,10-11H2,1H3. The predicted octanol–water partition coefficient (Wildman–Crippen LogP) is 1.45. The zero-order valence-electron chi connectivity index (χ0n) is 12.5. The van der Waals surface area contributed by atoms with E-state index in [1.165, 1.54) is 18.2 Å². The third-order valence-corrected chi connectivity index (χ3v) is 5.52. The summed E-state index contributed by atoms with van der Waals surface area (Å²) < 4.78 is 55.1. The van der Waals surface area contributed by atoms with E-state index in [0.717, 1.165) is 12.3 Å². The first-order valence-corrected chi connectivity index (χ1v) is 10.1. The van der Waals surface area contributed by atoms with Crippen molar-refractivity contribution < 1.29 is 21.6 Å². The number of benzene rings is 2. The molecule has 0 heterocycles. The van der Waals surface area contributed by atoms with E-state index >= 15 is 0 Å². The van der Waals surface area contributed by atoms with Gasteiger partial charge in [0.2, 0.25) is 10.0 Å². The van der Waals surface area contributed by atoms with Crippen molar-refractivity contribution in [3.8, 4) is 5.75 Å². The van der Waals surface area contributed by atoms with Crippen molar-refractivity contribution in [2.24, 2.45) is 0 Å². The topological polar surface area (TPSA) is 89.5 Å². The van der Waals surface area contributed by atoms with E-state index in [4.69, 9.17) is 4.74 Å². The van der Waals surface area contributed by atoms with Crippen molar-refractivity contribution >= 4 is 19.9 Å². The fourth-order valence-corrected chi connectivity index (χ4v) is 3.62. The van der Waals surface area contributed by atoms with Crippen LogP contribution in [0.15, 0.2) is 64.4 Å². The van der Waals surface area contributed by atoms with E-state index in [1.807, 2.05) is 18.2 Å². The molecule has 0 saturated heterocycles. The van der Waals surface area contributed by atoms with Crippen molar-refractivity contribution in [3.05, 3.63) is 54.6 Å².